The summed E-state index contributed by atoms with van der Waals surface area (Å²) in [5.74, 6) is 0.505. The number of aryl methyl sites for hydroxylation is 1. The zero-order valence-electron chi connectivity index (χ0n) is 12.9. The van der Waals surface area contributed by atoms with Crippen LogP contribution in [0.15, 0.2) is 23.1 Å². The van der Waals surface area contributed by atoms with Gasteiger partial charge in [-0.05, 0) is 42.4 Å². The maximum atomic E-state index is 12.9. The number of nitrogens with zero attached hydrogens (tertiary/aromatic N) is 1. The van der Waals surface area contributed by atoms with Gasteiger partial charge >= 0.3 is 0 Å². The van der Waals surface area contributed by atoms with E-state index in [0.29, 0.717) is 35.9 Å². The first-order chi connectivity index (χ1) is 10.0. The molecule has 21 heavy (non-hydrogen) atoms. The van der Waals surface area contributed by atoms with Crippen LogP contribution in [0.5, 0.6) is 0 Å². The molecule has 1 aromatic rings. The van der Waals surface area contributed by atoms with Gasteiger partial charge in [-0.3, -0.25) is 0 Å². The molecule has 0 aromatic heterocycles. The highest BCUT2D eigenvalue weighted by molar-refractivity contribution is 7.89. The maximum absolute atomic E-state index is 12.9. The van der Waals surface area contributed by atoms with Gasteiger partial charge in [-0.1, -0.05) is 32.4 Å². The third-order valence-corrected chi connectivity index (χ3v) is 6.38. The van der Waals surface area contributed by atoms with Crippen molar-refractivity contribution in [3.63, 3.8) is 0 Å². The summed E-state index contributed by atoms with van der Waals surface area (Å²) in [6.07, 6.45) is 4.14. The fourth-order valence-corrected chi connectivity index (χ4v) is 4.60. The van der Waals surface area contributed by atoms with Gasteiger partial charge in [0.15, 0.2) is 0 Å². The molecule has 0 amide bonds. The molecule has 0 heterocycles. The van der Waals surface area contributed by atoms with Gasteiger partial charge in [0.05, 0.1) is 11.5 Å². The second kappa shape index (κ2) is 6.90. The van der Waals surface area contributed by atoms with Crippen molar-refractivity contribution in [3.8, 4) is 0 Å². The summed E-state index contributed by atoms with van der Waals surface area (Å²) in [5.41, 5.74) is 1.46. The van der Waals surface area contributed by atoms with Crippen molar-refractivity contribution in [2.45, 2.75) is 51.0 Å². The fourth-order valence-electron chi connectivity index (χ4n) is 2.73. The second-order valence-corrected chi connectivity index (χ2v) is 7.61. The summed E-state index contributed by atoms with van der Waals surface area (Å²) >= 11 is 0. The fraction of sp³-hybridized carbons (Fsp3) is 0.625. The second-order valence-electron chi connectivity index (χ2n) is 5.71. The first-order valence-corrected chi connectivity index (χ1v) is 9.19. The van der Waals surface area contributed by atoms with Crippen LogP contribution in [0.2, 0.25) is 0 Å². The number of aliphatic hydroxyl groups excluding tert-OH is 1. The monoisotopic (exact) mass is 311 g/mol. The van der Waals surface area contributed by atoms with E-state index in [4.69, 9.17) is 0 Å². The van der Waals surface area contributed by atoms with Crippen LogP contribution < -0.4 is 0 Å². The minimum atomic E-state index is -3.48. The number of hydrogen-bond acceptors (Lipinski definition) is 3. The largest absolute Gasteiger partial charge is 0.392 e. The van der Waals surface area contributed by atoms with E-state index >= 15 is 0 Å². The molecular formula is C16H25NO3S. The molecule has 4 nitrogen and oxygen atoms in total. The summed E-state index contributed by atoms with van der Waals surface area (Å²) in [6, 6.07) is 5.23. The van der Waals surface area contributed by atoms with E-state index < -0.39 is 10.0 Å². The topological polar surface area (TPSA) is 57.6 Å². The molecule has 5 heteroatoms. The van der Waals surface area contributed by atoms with Crippen molar-refractivity contribution in [1.29, 1.82) is 0 Å². The lowest BCUT2D eigenvalue weighted by molar-refractivity contribution is 0.249. The van der Waals surface area contributed by atoms with Crippen LogP contribution in [-0.4, -0.2) is 30.9 Å². The Kier molecular flexibility index (Phi) is 5.41. The standard InChI is InChI=1S/C16H25NO3S/c1-3-15-9-8-14(12-18)10-16(15)21(19,20)17(4-2)11-13-6-5-7-13/h8-10,13,18H,3-7,11-12H2,1-2H3. The smallest absolute Gasteiger partial charge is 0.243 e. The number of benzene rings is 1. The van der Waals surface area contributed by atoms with E-state index in [1.807, 2.05) is 19.9 Å². The summed E-state index contributed by atoms with van der Waals surface area (Å²) in [7, 11) is -3.48. The van der Waals surface area contributed by atoms with Gasteiger partial charge in [0.1, 0.15) is 0 Å². The van der Waals surface area contributed by atoms with Crippen molar-refractivity contribution in [3.05, 3.63) is 29.3 Å². The number of sulfonamides is 1. The molecule has 1 aliphatic rings. The number of aliphatic hydroxyl groups is 1. The SMILES string of the molecule is CCc1ccc(CO)cc1S(=O)(=O)N(CC)CC1CCC1. The molecule has 0 bridgehead atoms. The van der Waals surface area contributed by atoms with E-state index in [1.54, 1.807) is 16.4 Å². The van der Waals surface area contributed by atoms with E-state index in [0.717, 1.165) is 18.4 Å². The maximum Gasteiger partial charge on any atom is 0.243 e. The van der Waals surface area contributed by atoms with Crippen LogP contribution in [0.4, 0.5) is 0 Å². The lowest BCUT2D eigenvalue weighted by Crippen LogP contribution is -2.37. The first-order valence-electron chi connectivity index (χ1n) is 7.75. The predicted octanol–water partition coefficient (Wildman–Crippen LogP) is 2.55. The molecule has 2 rings (SSSR count). The molecule has 0 aliphatic heterocycles. The van der Waals surface area contributed by atoms with Gasteiger partial charge in [-0.25, -0.2) is 8.42 Å². The molecule has 0 spiro atoms. The van der Waals surface area contributed by atoms with E-state index in [1.165, 1.54) is 6.42 Å². The molecule has 1 aliphatic carbocycles. The van der Waals surface area contributed by atoms with Gasteiger partial charge in [0.2, 0.25) is 10.0 Å². The summed E-state index contributed by atoms with van der Waals surface area (Å²) in [5, 5.41) is 9.27. The third-order valence-electron chi connectivity index (χ3n) is 4.35. The molecule has 0 unspecified atom stereocenters. The molecule has 1 N–H and O–H groups in total. The molecule has 118 valence electrons. The molecule has 1 saturated carbocycles. The lowest BCUT2D eigenvalue weighted by Gasteiger charge is -2.31. The summed E-state index contributed by atoms with van der Waals surface area (Å²) < 4.78 is 27.5. The van der Waals surface area contributed by atoms with Crippen molar-refractivity contribution in [2.24, 2.45) is 5.92 Å². The molecular weight excluding hydrogens is 286 g/mol. The Labute approximate surface area is 127 Å². The van der Waals surface area contributed by atoms with E-state index in [9.17, 15) is 13.5 Å². The van der Waals surface area contributed by atoms with Crippen molar-refractivity contribution in [2.75, 3.05) is 13.1 Å². The van der Waals surface area contributed by atoms with Gasteiger partial charge in [0.25, 0.3) is 0 Å². The Balaban J connectivity index is 2.35. The van der Waals surface area contributed by atoms with Crippen LogP contribution in [-0.2, 0) is 23.1 Å². The van der Waals surface area contributed by atoms with Crippen LogP contribution in [0.1, 0.15) is 44.2 Å². The third kappa shape index (κ3) is 3.47. The Morgan fingerprint density at radius 2 is 2.00 bits per heavy atom. The molecule has 0 atom stereocenters. The van der Waals surface area contributed by atoms with Crippen LogP contribution in [0.25, 0.3) is 0 Å². The Morgan fingerprint density at radius 3 is 2.48 bits per heavy atom. The van der Waals surface area contributed by atoms with Gasteiger partial charge < -0.3 is 5.11 Å². The average Bonchev–Trinajstić information content (AvgIpc) is 2.45. The Morgan fingerprint density at radius 1 is 1.29 bits per heavy atom. The highest BCUT2D eigenvalue weighted by atomic mass is 32.2. The predicted molar refractivity (Wildman–Crippen MR) is 83.5 cm³/mol. The highest BCUT2D eigenvalue weighted by Gasteiger charge is 2.29. The summed E-state index contributed by atoms with van der Waals surface area (Å²) in [4.78, 5) is 0.359. The first kappa shape index (κ1) is 16.5. The van der Waals surface area contributed by atoms with Crippen LogP contribution in [0.3, 0.4) is 0 Å². The number of rotatable bonds is 7. The molecule has 0 radical (unpaired) electrons. The summed E-state index contributed by atoms with van der Waals surface area (Å²) in [6.45, 7) is 4.81. The van der Waals surface area contributed by atoms with Gasteiger partial charge in [-0.15, -0.1) is 0 Å². The molecule has 1 aromatic carbocycles. The number of hydrogen-bond donors (Lipinski definition) is 1. The zero-order valence-corrected chi connectivity index (χ0v) is 13.7. The van der Waals surface area contributed by atoms with Crippen molar-refractivity contribution < 1.29 is 13.5 Å². The quantitative estimate of drug-likeness (QED) is 0.842. The minimum Gasteiger partial charge on any atom is -0.392 e. The Hall–Kier alpha value is -0.910. The lowest BCUT2D eigenvalue weighted by atomic mass is 9.85. The van der Waals surface area contributed by atoms with E-state index in [2.05, 4.69) is 0 Å². The average molecular weight is 311 g/mol. The van der Waals surface area contributed by atoms with E-state index in [-0.39, 0.29) is 6.61 Å². The van der Waals surface area contributed by atoms with Crippen molar-refractivity contribution in [1.82, 2.24) is 4.31 Å². The van der Waals surface area contributed by atoms with Crippen LogP contribution >= 0.6 is 0 Å². The molecule has 1 fully saturated rings. The zero-order chi connectivity index (χ0) is 15.5. The highest BCUT2D eigenvalue weighted by Crippen LogP contribution is 2.30. The van der Waals surface area contributed by atoms with Gasteiger partial charge in [0, 0.05) is 13.1 Å². The normalized spacial score (nSPS) is 16.2. The van der Waals surface area contributed by atoms with Crippen molar-refractivity contribution >= 4 is 10.0 Å². The molecule has 0 saturated heterocycles. The minimum absolute atomic E-state index is 0.138. The van der Waals surface area contributed by atoms with Gasteiger partial charge in [-0.2, -0.15) is 4.31 Å². The van der Waals surface area contributed by atoms with Crippen LogP contribution in [0, 0.1) is 5.92 Å². The Bertz CT molecular complexity index is 579.